The van der Waals surface area contributed by atoms with Crippen molar-refractivity contribution in [2.24, 2.45) is 0 Å². The minimum atomic E-state index is 0.00423. The van der Waals surface area contributed by atoms with Crippen LogP contribution in [0.5, 0.6) is 0 Å². The summed E-state index contributed by atoms with van der Waals surface area (Å²) >= 11 is 1.37. The van der Waals surface area contributed by atoms with Gasteiger partial charge in [0.25, 0.3) is 5.56 Å². The monoisotopic (exact) mass is 377 g/mol. The highest BCUT2D eigenvalue weighted by molar-refractivity contribution is 7.99. The highest BCUT2D eigenvalue weighted by Crippen LogP contribution is 2.37. The Morgan fingerprint density at radius 2 is 1.89 bits per heavy atom. The van der Waals surface area contributed by atoms with Crippen molar-refractivity contribution in [2.45, 2.75) is 30.5 Å². The van der Waals surface area contributed by atoms with Gasteiger partial charge in [-0.2, -0.15) is 0 Å². The SMILES string of the molecule is O=C(CSc1nc2ccccc2c(=O)n1C1CC1)N1CCc2ccccc21. The van der Waals surface area contributed by atoms with E-state index in [1.165, 1.54) is 17.3 Å². The molecule has 0 atom stereocenters. The molecule has 0 radical (unpaired) electrons. The van der Waals surface area contributed by atoms with E-state index in [0.29, 0.717) is 16.1 Å². The van der Waals surface area contributed by atoms with Crippen molar-refractivity contribution in [1.29, 1.82) is 0 Å². The van der Waals surface area contributed by atoms with Gasteiger partial charge in [0.1, 0.15) is 0 Å². The number of carbonyl (C=O) groups is 1. The first-order chi connectivity index (χ1) is 13.2. The number of carbonyl (C=O) groups excluding carboxylic acids is 1. The standard InChI is InChI=1S/C21H19N3O2S/c25-19(23-12-11-14-5-1-4-8-18(14)23)13-27-21-22-17-7-3-2-6-16(17)20(26)24(21)15-9-10-15/h1-8,15H,9-13H2. The second kappa shape index (κ2) is 6.53. The molecule has 6 heteroatoms. The quantitative estimate of drug-likeness (QED) is 0.516. The van der Waals surface area contributed by atoms with Crippen molar-refractivity contribution in [3.05, 3.63) is 64.4 Å². The van der Waals surface area contributed by atoms with Crippen LogP contribution in [0, 0.1) is 0 Å². The fourth-order valence-corrected chi connectivity index (χ4v) is 4.63. The summed E-state index contributed by atoms with van der Waals surface area (Å²) in [5, 5.41) is 1.30. The maximum Gasteiger partial charge on any atom is 0.262 e. The predicted molar refractivity (Wildman–Crippen MR) is 107 cm³/mol. The summed E-state index contributed by atoms with van der Waals surface area (Å²) in [5.41, 5.74) is 2.93. The number of hydrogen-bond acceptors (Lipinski definition) is 4. The minimum Gasteiger partial charge on any atom is -0.311 e. The van der Waals surface area contributed by atoms with E-state index in [0.717, 1.165) is 31.5 Å². The molecule has 3 aromatic rings. The van der Waals surface area contributed by atoms with Gasteiger partial charge in [0.05, 0.1) is 16.7 Å². The van der Waals surface area contributed by atoms with E-state index in [2.05, 4.69) is 6.07 Å². The number of hydrogen-bond donors (Lipinski definition) is 0. The zero-order valence-electron chi connectivity index (χ0n) is 14.8. The lowest BCUT2D eigenvalue weighted by Crippen LogP contribution is -2.31. The van der Waals surface area contributed by atoms with Crippen LogP contribution in [0.2, 0.25) is 0 Å². The third kappa shape index (κ3) is 2.94. The van der Waals surface area contributed by atoms with E-state index in [1.54, 1.807) is 4.57 Å². The topological polar surface area (TPSA) is 55.2 Å². The molecule has 0 unspecified atom stereocenters. The van der Waals surface area contributed by atoms with Crippen LogP contribution >= 0.6 is 11.8 Å². The highest BCUT2D eigenvalue weighted by Gasteiger charge is 2.30. The molecular formula is C21H19N3O2S. The lowest BCUT2D eigenvalue weighted by atomic mass is 10.2. The van der Waals surface area contributed by atoms with Gasteiger partial charge in [0, 0.05) is 18.3 Å². The summed E-state index contributed by atoms with van der Waals surface area (Å²) in [5.74, 6) is 0.348. The Labute approximate surface area is 161 Å². The molecule has 5 nitrogen and oxygen atoms in total. The fraction of sp³-hybridized carbons (Fsp3) is 0.286. The molecule has 0 N–H and O–H groups in total. The predicted octanol–water partition coefficient (Wildman–Crippen LogP) is 3.41. The number of aromatic nitrogens is 2. The summed E-state index contributed by atoms with van der Waals surface area (Å²) in [6, 6.07) is 15.7. The Kier molecular flexibility index (Phi) is 4.01. The fourth-order valence-electron chi connectivity index (χ4n) is 3.68. The molecule has 1 saturated carbocycles. The number of para-hydroxylation sites is 2. The van der Waals surface area contributed by atoms with Crippen molar-refractivity contribution in [1.82, 2.24) is 9.55 Å². The molecule has 1 amide bonds. The van der Waals surface area contributed by atoms with Gasteiger partial charge < -0.3 is 4.90 Å². The third-order valence-corrected chi connectivity index (χ3v) is 6.14. The Hall–Kier alpha value is -2.60. The van der Waals surface area contributed by atoms with Gasteiger partial charge in [-0.3, -0.25) is 14.2 Å². The van der Waals surface area contributed by atoms with E-state index in [1.807, 2.05) is 47.4 Å². The lowest BCUT2D eigenvalue weighted by Gasteiger charge is -2.18. The maximum atomic E-state index is 12.9. The maximum absolute atomic E-state index is 12.9. The van der Waals surface area contributed by atoms with Gasteiger partial charge in [-0.25, -0.2) is 4.98 Å². The smallest absolute Gasteiger partial charge is 0.262 e. The summed E-state index contributed by atoms with van der Waals surface area (Å²) in [4.78, 5) is 32.3. The Bertz CT molecular complexity index is 1100. The molecule has 0 spiro atoms. The largest absolute Gasteiger partial charge is 0.311 e. The normalized spacial score (nSPS) is 15.9. The number of nitrogens with zero attached hydrogens (tertiary/aromatic N) is 3. The number of amides is 1. The summed E-state index contributed by atoms with van der Waals surface area (Å²) in [7, 11) is 0. The molecule has 0 bridgehead atoms. The van der Waals surface area contributed by atoms with Crippen molar-refractivity contribution in [3.63, 3.8) is 0 Å². The van der Waals surface area contributed by atoms with Gasteiger partial charge in [0.2, 0.25) is 5.91 Å². The van der Waals surface area contributed by atoms with Crippen LogP contribution in [-0.2, 0) is 11.2 Å². The van der Waals surface area contributed by atoms with Crippen LogP contribution in [-0.4, -0.2) is 27.8 Å². The number of thioether (sulfide) groups is 1. The van der Waals surface area contributed by atoms with Crippen LogP contribution < -0.4 is 10.5 Å². The molecule has 1 fully saturated rings. The first kappa shape index (κ1) is 16.6. The van der Waals surface area contributed by atoms with Gasteiger partial charge in [-0.15, -0.1) is 0 Å². The number of anilines is 1. The molecule has 1 aromatic heterocycles. The first-order valence-corrected chi connectivity index (χ1v) is 10.2. The molecule has 27 heavy (non-hydrogen) atoms. The van der Waals surface area contributed by atoms with Crippen molar-refractivity contribution in [2.75, 3.05) is 17.2 Å². The van der Waals surface area contributed by atoms with E-state index < -0.39 is 0 Å². The summed E-state index contributed by atoms with van der Waals surface area (Å²) in [6.07, 6.45) is 2.90. The van der Waals surface area contributed by atoms with Gasteiger partial charge in [0.15, 0.2) is 5.16 Å². The number of benzene rings is 2. The summed E-state index contributed by atoms with van der Waals surface area (Å²) < 4.78 is 1.79. The molecule has 2 aliphatic rings. The zero-order chi connectivity index (χ0) is 18.4. The molecule has 1 aliphatic heterocycles. The van der Waals surface area contributed by atoms with Crippen LogP contribution in [0.1, 0.15) is 24.4 Å². The molecule has 136 valence electrons. The minimum absolute atomic E-state index is 0.00423. The van der Waals surface area contributed by atoms with Crippen molar-refractivity contribution < 1.29 is 4.79 Å². The van der Waals surface area contributed by atoms with E-state index in [4.69, 9.17) is 4.98 Å². The molecule has 1 aliphatic carbocycles. The second-order valence-corrected chi connectivity index (χ2v) is 7.97. The zero-order valence-corrected chi connectivity index (χ0v) is 15.6. The molecule has 2 heterocycles. The molecular weight excluding hydrogens is 358 g/mol. The number of rotatable bonds is 4. The molecule has 0 saturated heterocycles. The van der Waals surface area contributed by atoms with Gasteiger partial charge >= 0.3 is 0 Å². The Morgan fingerprint density at radius 1 is 1.11 bits per heavy atom. The van der Waals surface area contributed by atoms with Crippen LogP contribution in [0.25, 0.3) is 10.9 Å². The second-order valence-electron chi connectivity index (χ2n) is 7.03. The van der Waals surface area contributed by atoms with E-state index in [9.17, 15) is 9.59 Å². The first-order valence-electron chi connectivity index (χ1n) is 9.25. The Balaban J connectivity index is 1.43. The van der Waals surface area contributed by atoms with Crippen LogP contribution in [0.3, 0.4) is 0 Å². The van der Waals surface area contributed by atoms with Crippen LogP contribution in [0.15, 0.2) is 58.5 Å². The summed E-state index contributed by atoms with van der Waals surface area (Å²) in [6.45, 7) is 0.722. The average molecular weight is 377 g/mol. The highest BCUT2D eigenvalue weighted by atomic mass is 32.2. The van der Waals surface area contributed by atoms with Gasteiger partial charge in [-0.05, 0) is 43.0 Å². The van der Waals surface area contributed by atoms with Gasteiger partial charge in [-0.1, -0.05) is 42.1 Å². The third-order valence-electron chi connectivity index (χ3n) is 5.20. The van der Waals surface area contributed by atoms with E-state index >= 15 is 0 Å². The Morgan fingerprint density at radius 3 is 2.74 bits per heavy atom. The lowest BCUT2D eigenvalue weighted by molar-refractivity contribution is -0.116. The van der Waals surface area contributed by atoms with Crippen molar-refractivity contribution >= 4 is 34.3 Å². The van der Waals surface area contributed by atoms with Crippen LogP contribution in [0.4, 0.5) is 5.69 Å². The average Bonchev–Trinajstić information content (AvgIpc) is 3.43. The molecule has 5 rings (SSSR count). The molecule has 2 aromatic carbocycles. The van der Waals surface area contributed by atoms with E-state index in [-0.39, 0.29) is 23.3 Å². The van der Waals surface area contributed by atoms with Crippen molar-refractivity contribution in [3.8, 4) is 0 Å². The number of fused-ring (bicyclic) bond motifs is 2.